The molecule has 1 aromatic rings. The zero-order valence-electron chi connectivity index (χ0n) is 17.3. The van der Waals surface area contributed by atoms with Crippen molar-refractivity contribution >= 4 is 21.8 Å². The van der Waals surface area contributed by atoms with E-state index in [9.17, 15) is 18.0 Å². The van der Waals surface area contributed by atoms with E-state index in [0.717, 1.165) is 62.5 Å². The number of nitrogens with one attached hydrogen (secondary N) is 2. The van der Waals surface area contributed by atoms with Gasteiger partial charge in [0.15, 0.2) is 10.7 Å². The molecule has 2 heterocycles. The molecule has 5 rings (SSSR count). The highest BCUT2D eigenvalue weighted by Crippen LogP contribution is 2.44. The number of nitrogens with zero attached hydrogens (tertiary/aromatic N) is 2. The maximum absolute atomic E-state index is 12.8. The van der Waals surface area contributed by atoms with Crippen molar-refractivity contribution in [3.8, 4) is 5.88 Å². The number of amides is 2. The van der Waals surface area contributed by atoms with Crippen LogP contribution in [0.5, 0.6) is 5.88 Å². The zero-order valence-corrected chi connectivity index (χ0v) is 18.1. The maximum atomic E-state index is 12.8. The lowest BCUT2D eigenvalue weighted by Crippen LogP contribution is -2.40. The highest BCUT2D eigenvalue weighted by atomic mass is 32.2. The smallest absolute Gasteiger partial charge is 0.333 e. The van der Waals surface area contributed by atoms with Crippen molar-refractivity contribution in [3.05, 3.63) is 28.6 Å². The summed E-state index contributed by atoms with van der Waals surface area (Å²) in [5, 5.41) is 6.79. The lowest BCUT2D eigenvalue weighted by Gasteiger charge is -2.27. The normalized spacial score (nSPS) is 23.5. The second-order valence-electron chi connectivity index (χ2n) is 8.58. The second kappa shape index (κ2) is 7.81. The standard InChI is InChI=1S/C21H26N4O5S/c26-16-7-2-6-15-13-4-1-5-14(9-8-13)19(18(15)16)23-21(27)24-31(28,29)17-12-22-25-10-3-11-30-20(17)25/h12-13H,1-11H2,(H2,23,24,27)/t13-/m1/s1. The molecule has 0 aromatic carbocycles. The van der Waals surface area contributed by atoms with Gasteiger partial charge in [-0.2, -0.15) is 5.10 Å². The van der Waals surface area contributed by atoms with Crippen molar-refractivity contribution < 1.29 is 22.7 Å². The Bertz CT molecular complexity index is 1110. The molecule has 0 saturated heterocycles. The van der Waals surface area contributed by atoms with Crippen molar-refractivity contribution in [2.24, 2.45) is 5.92 Å². The van der Waals surface area contributed by atoms with E-state index in [1.54, 1.807) is 0 Å². The number of carbonyl (C=O) groups excluding carboxylic acids is 2. The lowest BCUT2D eigenvalue weighted by atomic mass is 9.79. The molecular weight excluding hydrogens is 420 g/mol. The number of rotatable bonds is 3. The van der Waals surface area contributed by atoms with Gasteiger partial charge in [-0.25, -0.2) is 22.6 Å². The van der Waals surface area contributed by atoms with Gasteiger partial charge in [0, 0.05) is 25.0 Å². The fourth-order valence-corrected chi connectivity index (χ4v) is 6.21. The average Bonchev–Trinajstić information content (AvgIpc) is 2.94. The molecule has 1 aliphatic heterocycles. The maximum Gasteiger partial charge on any atom is 0.333 e. The third kappa shape index (κ3) is 3.66. The third-order valence-electron chi connectivity index (χ3n) is 6.64. The van der Waals surface area contributed by atoms with Gasteiger partial charge in [0.25, 0.3) is 10.0 Å². The van der Waals surface area contributed by atoms with Gasteiger partial charge in [-0.05, 0) is 56.4 Å². The minimum atomic E-state index is -4.18. The van der Waals surface area contributed by atoms with E-state index < -0.39 is 16.1 Å². The first kappa shape index (κ1) is 20.3. The predicted octanol–water partition coefficient (Wildman–Crippen LogP) is 2.55. The number of ether oxygens (including phenoxy) is 1. The Labute approximate surface area is 181 Å². The van der Waals surface area contributed by atoms with Crippen LogP contribution in [-0.4, -0.2) is 36.6 Å². The molecule has 1 atom stereocenters. The van der Waals surface area contributed by atoms with Crippen molar-refractivity contribution in [2.75, 3.05) is 6.61 Å². The monoisotopic (exact) mass is 446 g/mol. The molecule has 166 valence electrons. The van der Waals surface area contributed by atoms with Crippen LogP contribution < -0.4 is 14.8 Å². The number of hydrogen-bond donors (Lipinski definition) is 2. The van der Waals surface area contributed by atoms with Crippen LogP contribution in [0.3, 0.4) is 0 Å². The highest BCUT2D eigenvalue weighted by molar-refractivity contribution is 7.90. The fourth-order valence-electron chi connectivity index (χ4n) is 5.23. The first-order chi connectivity index (χ1) is 14.9. The lowest BCUT2D eigenvalue weighted by molar-refractivity contribution is -0.115. The Morgan fingerprint density at radius 2 is 2.00 bits per heavy atom. The Hall–Kier alpha value is -2.62. The van der Waals surface area contributed by atoms with Crippen LogP contribution in [0.2, 0.25) is 0 Å². The first-order valence-corrected chi connectivity index (χ1v) is 12.4. The number of carbonyl (C=O) groups is 2. The van der Waals surface area contributed by atoms with Crippen molar-refractivity contribution in [1.29, 1.82) is 0 Å². The van der Waals surface area contributed by atoms with Crippen molar-refractivity contribution in [1.82, 2.24) is 19.8 Å². The van der Waals surface area contributed by atoms with Gasteiger partial charge in [-0.3, -0.25) is 4.79 Å². The van der Waals surface area contributed by atoms with E-state index in [2.05, 4.69) is 15.1 Å². The molecule has 31 heavy (non-hydrogen) atoms. The van der Waals surface area contributed by atoms with E-state index in [1.165, 1.54) is 10.9 Å². The zero-order chi connectivity index (χ0) is 21.6. The SMILES string of the molecule is O=C(NC1=C2CCC[C@H](CC2)C2=C1C(=O)CCC2)NS(=O)(=O)c1cnn2c1OCCC2. The van der Waals surface area contributed by atoms with E-state index >= 15 is 0 Å². The molecular formula is C21H26N4O5S. The summed E-state index contributed by atoms with van der Waals surface area (Å²) in [6.07, 6.45) is 8.79. The Balaban J connectivity index is 1.43. The second-order valence-corrected chi connectivity index (χ2v) is 10.2. The van der Waals surface area contributed by atoms with E-state index in [4.69, 9.17) is 4.74 Å². The Morgan fingerprint density at radius 1 is 1.13 bits per heavy atom. The molecule has 0 unspecified atom stereocenters. The molecule has 9 nitrogen and oxygen atoms in total. The summed E-state index contributed by atoms with van der Waals surface area (Å²) in [5.41, 5.74) is 3.34. The van der Waals surface area contributed by atoms with Crippen LogP contribution in [0.25, 0.3) is 0 Å². The Morgan fingerprint density at radius 3 is 2.87 bits per heavy atom. The molecule has 0 radical (unpaired) electrons. The number of hydrogen-bond acceptors (Lipinski definition) is 6. The average molecular weight is 447 g/mol. The molecule has 2 bridgehead atoms. The summed E-state index contributed by atoms with van der Waals surface area (Å²) in [6.45, 7) is 0.963. The van der Waals surface area contributed by atoms with Crippen LogP contribution >= 0.6 is 0 Å². The van der Waals surface area contributed by atoms with Gasteiger partial charge in [0.2, 0.25) is 5.88 Å². The Kier molecular flexibility index (Phi) is 5.11. The van der Waals surface area contributed by atoms with Gasteiger partial charge >= 0.3 is 6.03 Å². The number of allylic oxidation sites excluding steroid dienone is 3. The fraction of sp³-hybridized carbons (Fsp3) is 0.571. The minimum Gasteiger partial charge on any atom is -0.477 e. The molecule has 1 aromatic heterocycles. The van der Waals surface area contributed by atoms with Crippen LogP contribution in [0, 0.1) is 5.92 Å². The highest BCUT2D eigenvalue weighted by Gasteiger charge is 2.35. The molecule has 4 aliphatic rings. The van der Waals surface area contributed by atoms with E-state index in [-0.39, 0.29) is 16.6 Å². The number of fused-ring (bicyclic) bond motifs is 5. The van der Waals surface area contributed by atoms with Crippen molar-refractivity contribution in [3.63, 3.8) is 0 Å². The van der Waals surface area contributed by atoms with E-state index in [0.29, 0.717) is 36.8 Å². The summed E-state index contributed by atoms with van der Waals surface area (Å²) in [7, 11) is -4.18. The number of aryl methyl sites for hydroxylation is 1. The van der Waals surface area contributed by atoms with Crippen LogP contribution in [0.1, 0.15) is 57.8 Å². The molecule has 10 heteroatoms. The summed E-state index contributed by atoms with van der Waals surface area (Å²) < 4.78 is 34.7. The van der Waals surface area contributed by atoms with Crippen LogP contribution in [0.4, 0.5) is 4.79 Å². The quantitative estimate of drug-likeness (QED) is 0.736. The molecule has 2 amide bonds. The van der Waals surface area contributed by atoms with Gasteiger partial charge in [-0.1, -0.05) is 5.57 Å². The molecule has 1 saturated carbocycles. The molecule has 1 fully saturated rings. The van der Waals surface area contributed by atoms with E-state index in [1.807, 2.05) is 0 Å². The van der Waals surface area contributed by atoms with Crippen LogP contribution in [-0.2, 0) is 21.4 Å². The summed E-state index contributed by atoms with van der Waals surface area (Å²) in [4.78, 5) is 25.5. The summed E-state index contributed by atoms with van der Waals surface area (Å²) in [6, 6.07) is -0.868. The predicted molar refractivity (Wildman–Crippen MR) is 111 cm³/mol. The third-order valence-corrected chi connectivity index (χ3v) is 7.95. The minimum absolute atomic E-state index is 0.0461. The van der Waals surface area contributed by atoms with Gasteiger partial charge < -0.3 is 10.1 Å². The molecule has 2 N–H and O–H groups in total. The largest absolute Gasteiger partial charge is 0.477 e. The van der Waals surface area contributed by atoms with Gasteiger partial charge in [0.05, 0.1) is 18.5 Å². The van der Waals surface area contributed by atoms with Gasteiger partial charge in [0.1, 0.15) is 0 Å². The van der Waals surface area contributed by atoms with Crippen LogP contribution in [0.15, 0.2) is 33.5 Å². The number of sulfonamides is 1. The summed E-state index contributed by atoms with van der Waals surface area (Å²) in [5.74, 6) is 0.564. The molecule has 0 spiro atoms. The number of urea groups is 1. The molecule has 3 aliphatic carbocycles. The van der Waals surface area contributed by atoms with Gasteiger partial charge in [-0.15, -0.1) is 0 Å². The number of ketones is 1. The first-order valence-electron chi connectivity index (χ1n) is 10.9. The summed E-state index contributed by atoms with van der Waals surface area (Å²) >= 11 is 0. The number of Topliss-reactive ketones (excluding diaryl/α,β-unsaturated/α-hetero) is 1. The number of aromatic nitrogens is 2. The van der Waals surface area contributed by atoms with Crippen molar-refractivity contribution in [2.45, 2.75) is 69.2 Å². The topological polar surface area (TPSA) is 119 Å².